The van der Waals surface area contributed by atoms with E-state index in [1.54, 1.807) is 13.0 Å². The number of aryl methyl sites for hydroxylation is 2. The van der Waals surface area contributed by atoms with E-state index in [4.69, 9.17) is 0 Å². The number of halogens is 1. The molecule has 3 heteroatoms. The van der Waals surface area contributed by atoms with E-state index in [1.807, 2.05) is 33.1 Å². The summed E-state index contributed by atoms with van der Waals surface area (Å²) in [5.74, 6) is -0.714. The van der Waals surface area contributed by atoms with Gasteiger partial charge < -0.3 is 0 Å². The molecule has 0 aliphatic rings. The molecular formula is C20H25FN2. The SMILES string of the molecule is C/C=C(/C)CC=NCC(C)=CC(C#N)c1cc(F)c(C)cc1C. The van der Waals surface area contributed by atoms with Gasteiger partial charge in [0.2, 0.25) is 0 Å². The van der Waals surface area contributed by atoms with E-state index in [9.17, 15) is 9.65 Å². The molecule has 1 unspecified atom stereocenters. The predicted molar refractivity (Wildman–Crippen MR) is 95.4 cm³/mol. The van der Waals surface area contributed by atoms with Gasteiger partial charge in [0.15, 0.2) is 0 Å². The van der Waals surface area contributed by atoms with Crippen LogP contribution in [0.1, 0.15) is 49.8 Å². The Balaban J connectivity index is 2.87. The summed E-state index contributed by atoms with van der Waals surface area (Å²) in [6.07, 6.45) is 6.67. The van der Waals surface area contributed by atoms with Crippen LogP contribution in [0.2, 0.25) is 0 Å². The van der Waals surface area contributed by atoms with Crippen LogP contribution in [0.25, 0.3) is 0 Å². The molecule has 0 radical (unpaired) electrons. The lowest BCUT2D eigenvalue weighted by Gasteiger charge is -2.11. The molecule has 0 aromatic heterocycles. The molecule has 0 N–H and O–H groups in total. The van der Waals surface area contributed by atoms with E-state index >= 15 is 0 Å². The van der Waals surface area contributed by atoms with Crippen LogP contribution < -0.4 is 0 Å². The van der Waals surface area contributed by atoms with Crippen LogP contribution in [-0.4, -0.2) is 12.8 Å². The fraction of sp³-hybridized carbons (Fsp3) is 0.400. The number of nitriles is 1. The molecule has 2 nitrogen and oxygen atoms in total. The molecule has 0 aliphatic heterocycles. The molecule has 0 saturated heterocycles. The summed E-state index contributed by atoms with van der Waals surface area (Å²) >= 11 is 0. The Kier molecular flexibility index (Phi) is 7.41. The highest BCUT2D eigenvalue weighted by atomic mass is 19.1. The smallest absolute Gasteiger partial charge is 0.126 e. The second-order valence-corrected chi connectivity index (χ2v) is 5.94. The normalized spacial score (nSPS) is 14.1. The van der Waals surface area contributed by atoms with Gasteiger partial charge in [-0.15, -0.1) is 0 Å². The first-order valence-corrected chi connectivity index (χ1v) is 7.82. The van der Waals surface area contributed by atoms with Crippen molar-refractivity contribution in [2.75, 3.05) is 6.54 Å². The Morgan fingerprint density at radius 1 is 1.26 bits per heavy atom. The Hall–Kier alpha value is -2.21. The summed E-state index contributed by atoms with van der Waals surface area (Å²) in [5.41, 5.74) is 4.55. The molecule has 122 valence electrons. The van der Waals surface area contributed by atoms with Crippen LogP contribution in [0.3, 0.4) is 0 Å². The van der Waals surface area contributed by atoms with Crippen molar-refractivity contribution in [3.8, 4) is 6.07 Å². The van der Waals surface area contributed by atoms with Gasteiger partial charge in [-0.05, 0) is 57.4 Å². The number of nitrogens with zero attached hydrogens (tertiary/aromatic N) is 2. The highest BCUT2D eigenvalue weighted by Gasteiger charge is 2.13. The van der Waals surface area contributed by atoms with E-state index < -0.39 is 5.92 Å². The zero-order valence-corrected chi connectivity index (χ0v) is 14.7. The lowest BCUT2D eigenvalue weighted by molar-refractivity contribution is 0.615. The van der Waals surface area contributed by atoms with Crippen molar-refractivity contribution in [3.63, 3.8) is 0 Å². The van der Waals surface area contributed by atoms with E-state index in [2.05, 4.69) is 24.1 Å². The van der Waals surface area contributed by atoms with Crippen molar-refractivity contribution in [1.82, 2.24) is 0 Å². The topological polar surface area (TPSA) is 36.1 Å². The van der Waals surface area contributed by atoms with Crippen LogP contribution in [0.5, 0.6) is 0 Å². The van der Waals surface area contributed by atoms with E-state index in [-0.39, 0.29) is 5.82 Å². The Morgan fingerprint density at radius 2 is 1.96 bits per heavy atom. The molecule has 23 heavy (non-hydrogen) atoms. The maximum absolute atomic E-state index is 13.8. The minimum Gasteiger partial charge on any atom is -0.293 e. The van der Waals surface area contributed by atoms with Crippen molar-refractivity contribution in [1.29, 1.82) is 5.26 Å². The third-order valence-corrected chi connectivity index (χ3v) is 3.85. The minimum atomic E-state index is -0.447. The minimum absolute atomic E-state index is 0.267. The Bertz CT molecular complexity index is 676. The third kappa shape index (κ3) is 5.83. The molecule has 0 heterocycles. The second kappa shape index (κ2) is 9.05. The van der Waals surface area contributed by atoms with Crippen molar-refractivity contribution < 1.29 is 4.39 Å². The molecule has 1 aromatic rings. The van der Waals surface area contributed by atoms with Gasteiger partial charge in [-0.3, -0.25) is 4.99 Å². The molecule has 0 saturated carbocycles. The molecule has 1 aromatic carbocycles. The lowest BCUT2D eigenvalue weighted by atomic mass is 9.92. The molecule has 0 aliphatic carbocycles. The monoisotopic (exact) mass is 312 g/mol. The van der Waals surface area contributed by atoms with E-state index in [0.29, 0.717) is 12.1 Å². The van der Waals surface area contributed by atoms with Gasteiger partial charge in [0.25, 0.3) is 0 Å². The van der Waals surface area contributed by atoms with E-state index in [0.717, 1.165) is 23.1 Å². The molecule has 0 amide bonds. The molecule has 0 bridgehead atoms. The molecule has 1 rings (SSSR count). The van der Waals surface area contributed by atoms with Gasteiger partial charge in [-0.25, -0.2) is 4.39 Å². The standard InChI is InChI=1S/C20H25FN2/c1-6-14(2)7-8-23-13-15(3)9-18(12-22)19-11-20(21)17(5)10-16(19)4/h6,8-11,18H,7,13H2,1-5H3/b14-6-,15-9?,23-8?. The van der Waals surface area contributed by atoms with Crippen molar-refractivity contribution in [2.45, 2.75) is 47.0 Å². The van der Waals surface area contributed by atoms with Crippen LogP contribution in [-0.2, 0) is 0 Å². The molecule has 0 fully saturated rings. The first kappa shape index (κ1) is 18.8. The molecular weight excluding hydrogens is 287 g/mol. The number of allylic oxidation sites excluding steroid dienone is 3. The Labute approximate surface area is 139 Å². The number of hydrogen-bond acceptors (Lipinski definition) is 2. The van der Waals surface area contributed by atoms with Crippen molar-refractivity contribution in [2.24, 2.45) is 4.99 Å². The van der Waals surface area contributed by atoms with E-state index in [1.165, 1.54) is 11.6 Å². The van der Waals surface area contributed by atoms with Crippen molar-refractivity contribution in [3.05, 3.63) is 57.9 Å². The van der Waals surface area contributed by atoms with Gasteiger partial charge in [-0.1, -0.05) is 29.4 Å². The molecule has 1 atom stereocenters. The number of rotatable bonds is 6. The van der Waals surface area contributed by atoms with Crippen LogP contribution >= 0.6 is 0 Å². The highest BCUT2D eigenvalue weighted by molar-refractivity contribution is 5.61. The first-order chi connectivity index (χ1) is 10.9. The van der Waals surface area contributed by atoms with Gasteiger partial charge in [0.1, 0.15) is 5.82 Å². The lowest BCUT2D eigenvalue weighted by Crippen LogP contribution is -2.00. The van der Waals surface area contributed by atoms with Crippen molar-refractivity contribution >= 4 is 6.21 Å². The second-order valence-electron chi connectivity index (χ2n) is 5.94. The van der Waals surface area contributed by atoms with Gasteiger partial charge >= 0.3 is 0 Å². The maximum atomic E-state index is 13.8. The Morgan fingerprint density at radius 3 is 2.57 bits per heavy atom. The highest BCUT2D eigenvalue weighted by Crippen LogP contribution is 2.24. The maximum Gasteiger partial charge on any atom is 0.126 e. The zero-order valence-electron chi connectivity index (χ0n) is 14.7. The fourth-order valence-electron chi connectivity index (χ4n) is 2.25. The van der Waals surface area contributed by atoms with Crippen LogP contribution in [0.4, 0.5) is 4.39 Å². The average molecular weight is 312 g/mol. The number of aliphatic imine (C=N–C) groups is 1. The zero-order chi connectivity index (χ0) is 17.4. The summed E-state index contributed by atoms with van der Waals surface area (Å²) in [7, 11) is 0. The summed E-state index contributed by atoms with van der Waals surface area (Å²) in [6, 6.07) is 5.51. The largest absolute Gasteiger partial charge is 0.293 e. The number of hydrogen-bond donors (Lipinski definition) is 0. The average Bonchev–Trinajstić information content (AvgIpc) is 2.52. The summed E-state index contributed by atoms with van der Waals surface area (Å²) in [5, 5.41) is 9.43. The van der Waals surface area contributed by atoms with Gasteiger partial charge in [-0.2, -0.15) is 5.26 Å². The van der Waals surface area contributed by atoms with Crippen LogP contribution in [0, 0.1) is 31.0 Å². The first-order valence-electron chi connectivity index (χ1n) is 7.82. The summed E-state index contributed by atoms with van der Waals surface area (Å²) in [4.78, 5) is 4.38. The van der Waals surface area contributed by atoms with Gasteiger partial charge in [0, 0.05) is 12.6 Å². The third-order valence-electron chi connectivity index (χ3n) is 3.85. The summed E-state index contributed by atoms with van der Waals surface area (Å²) in [6.45, 7) is 10.2. The predicted octanol–water partition coefficient (Wildman–Crippen LogP) is 5.42. The van der Waals surface area contributed by atoms with Gasteiger partial charge in [0.05, 0.1) is 18.5 Å². The van der Waals surface area contributed by atoms with Crippen LogP contribution in [0.15, 0.2) is 40.4 Å². The summed E-state index contributed by atoms with van der Waals surface area (Å²) < 4.78 is 13.8. The quantitative estimate of drug-likeness (QED) is 0.510. The fourth-order valence-corrected chi connectivity index (χ4v) is 2.25. The molecule has 0 spiro atoms. The number of benzene rings is 1.